The third kappa shape index (κ3) is 3.49. The number of hydrogen-bond acceptors (Lipinski definition) is 2. The van der Waals surface area contributed by atoms with Gasteiger partial charge >= 0.3 is 0 Å². The molecule has 0 radical (unpaired) electrons. The zero-order valence-electron chi connectivity index (χ0n) is 12.5. The van der Waals surface area contributed by atoms with E-state index in [4.69, 9.17) is 16.3 Å². The molecule has 0 heterocycles. The molecule has 0 amide bonds. The highest BCUT2D eigenvalue weighted by Gasteiger charge is 2.49. The van der Waals surface area contributed by atoms with Crippen LogP contribution in [0.2, 0.25) is 5.02 Å². The highest BCUT2D eigenvalue weighted by Crippen LogP contribution is 2.44. The standard InChI is InChI=1S/C16H23BrClNO/c1-10(2)9-20-15-8-14(16(15,3)4)19-11-5-6-13(18)12(17)7-11/h5-7,10,14-15,19H,8-9H2,1-4H3. The van der Waals surface area contributed by atoms with Gasteiger partial charge in [0.05, 0.1) is 11.1 Å². The van der Waals surface area contributed by atoms with Gasteiger partial charge in [-0.1, -0.05) is 39.3 Å². The number of benzene rings is 1. The summed E-state index contributed by atoms with van der Waals surface area (Å²) in [6.07, 6.45) is 1.40. The van der Waals surface area contributed by atoms with E-state index >= 15 is 0 Å². The number of nitrogens with one attached hydrogen (secondary N) is 1. The smallest absolute Gasteiger partial charge is 0.0665 e. The normalized spacial score (nSPS) is 24.6. The summed E-state index contributed by atoms with van der Waals surface area (Å²) >= 11 is 9.48. The molecule has 1 aliphatic carbocycles. The van der Waals surface area contributed by atoms with Crippen LogP contribution in [-0.4, -0.2) is 18.8 Å². The van der Waals surface area contributed by atoms with E-state index in [2.05, 4.69) is 48.9 Å². The van der Waals surface area contributed by atoms with Crippen LogP contribution in [0, 0.1) is 11.3 Å². The molecule has 0 aromatic heterocycles. The second-order valence-electron chi connectivity index (χ2n) is 6.60. The molecule has 0 spiro atoms. The summed E-state index contributed by atoms with van der Waals surface area (Å²) in [5.74, 6) is 0.588. The van der Waals surface area contributed by atoms with Gasteiger partial charge in [0.2, 0.25) is 0 Å². The van der Waals surface area contributed by atoms with Crippen molar-refractivity contribution in [1.29, 1.82) is 0 Å². The molecule has 2 atom stereocenters. The number of halogens is 2. The van der Waals surface area contributed by atoms with Gasteiger partial charge in [0.25, 0.3) is 0 Å². The average Bonchev–Trinajstić information content (AvgIpc) is 2.36. The van der Waals surface area contributed by atoms with Crippen LogP contribution in [0.25, 0.3) is 0 Å². The molecule has 0 aliphatic heterocycles. The lowest BCUT2D eigenvalue weighted by atomic mass is 9.64. The molecular formula is C16H23BrClNO. The first-order valence-electron chi connectivity index (χ1n) is 7.14. The predicted molar refractivity (Wildman–Crippen MR) is 89.5 cm³/mol. The topological polar surface area (TPSA) is 21.3 Å². The SMILES string of the molecule is CC(C)COC1CC(Nc2ccc(Cl)c(Br)c2)C1(C)C. The van der Waals surface area contributed by atoms with Crippen LogP contribution in [-0.2, 0) is 4.74 Å². The molecular weight excluding hydrogens is 338 g/mol. The average molecular weight is 361 g/mol. The maximum absolute atomic E-state index is 6.02. The highest BCUT2D eigenvalue weighted by atomic mass is 79.9. The number of ether oxygens (including phenoxy) is 1. The van der Waals surface area contributed by atoms with E-state index in [1.165, 1.54) is 0 Å². The fraction of sp³-hybridized carbons (Fsp3) is 0.625. The first kappa shape index (κ1) is 16.1. The summed E-state index contributed by atoms with van der Waals surface area (Å²) in [4.78, 5) is 0. The lowest BCUT2D eigenvalue weighted by Gasteiger charge is -2.52. The van der Waals surface area contributed by atoms with Crippen molar-refractivity contribution in [2.45, 2.75) is 46.3 Å². The van der Waals surface area contributed by atoms with Crippen LogP contribution in [0.4, 0.5) is 5.69 Å². The van der Waals surface area contributed by atoms with E-state index in [9.17, 15) is 0 Å². The van der Waals surface area contributed by atoms with Gasteiger partial charge in [-0.3, -0.25) is 0 Å². The maximum Gasteiger partial charge on any atom is 0.0665 e. The molecule has 2 unspecified atom stereocenters. The Labute approximate surface area is 135 Å². The van der Waals surface area contributed by atoms with Crippen molar-refractivity contribution in [2.24, 2.45) is 11.3 Å². The molecule has 1 aromatic rings. The quantitative estimate of drug-likeness (QED) is 0.763. The molecule has 1 aliphatic rings. The second kappa shape index (κ2) is 6.25. The molecule has 20 heavy (non-hydrogen) atoms. The summed E-state index contributed by atoms with van der Waals surface area (Å²) < 4.78 is 6.92. The van der Waals surface area contributed by atoms with Crippen LogP contribution in [0.1, 0.15) is 34.1 Å². The number of rotatable bonds is 5. The summed E-state index contributed by atoms with van der Waals surface area (Å²) in [5.41, 5.74) is 1.25. The largest absolute Gasteiger partial charge is 0.382 e. The fourth-order valence-electron chi connectivity index (χ4n) is 2.51. The third-order valence-corrected chi connectivity index (χ3v) is 5.28. The Morgan fingerprint density at radius 2 is 2.15 bits per heavy atom. The van der Waals surface area contributed by atoms with E-state index in [0.717, 1.165) is 28.2 Å². The van der Waals surface area contributed by atoms with Crippen LogP contribution >= 0.6 is 27.5 Å². The molecule has 2 rings (SSSR count). The first-order chi connectivity index (χ1) is 9.30. The van der Waals surface area contributed by atoms with Crippen LogP contribution < -0.4 is 5.32 Å². The number of anilines is 1. The Bertz CT molecular complexity index is 476. The Hall–Kier alpha value is -0.250. The van der Waals surface area contributed by atoms with E-state index < -0.39 is 0 Å². The summed E-state index contributed by atoms with van der Waals surface area (Å²) in [5, 5.41) is 4.32. The lowest BCUT2D eigenvalue weighted by molar-refractivity contribution is -0.108. The Morgan fingerprint density at radius 3 is 2.70 bits per heavy atom. The van der Waals surface area contributed by atoms with Crippen molar-refractivity contribution in [2.75, 3.05) is 11.9 Å². The predicted octanol–water partition coefficient (Wildman–Crippen LogP) is 5.35. The molecule has 2 nitrogen and oxygen atoms in total. The van der Waals surface area contributed by atoms with Crippen molar-refractivity contribution < 1.29 is 4.74 Å². The van der Waals surface area contributed by atoms with Gasteiger partial charge < -0.3 is 10.1 Å². The van der Waals surface area contributed by atoms with Crippen molar-refractivity contribution >= 4 is 33.2 Å². The van der Waals surface area contributed by atoms with Gasteiger partial charge in [-0.2, -0.15) is 0 Å². The minimum absolute atomic E-state index is 0.154. The molecule has 1 saturated carbocycles. The van der Waals surface area contributed by atoms with Crippen LogP contribution in [0.3, 0.4) is 0 Å². The maximum atomic E-state index is 6.02. The van der Waals surface area contributed by atoms with Gasteiger partial charge in [0.15, 0.2) is 0 Å². The molecule has 112 valence electrons. The minimum Gasteiger partial charge on any atom is -0.382 e. The lowest BCUT2D eigenvalue weighted by Crippen LogP contribution is -2.58. The minimum atomic E-state index is 0.154. The number of hydrogen-bond donors (Lipinski definition) is 1. The Balaban J connectivity index is 1.93. The van der Waals surface area contributed by atoms with Gasteiger partial charge in [-0.05, 0) is 46.5 Å². The monoisotopic (exact) mass is 359 g/mol. The van der Waals surface area contributed by atoms with Crippen molar-refractivity contribution in [3.63, 3.8) is 0 Å². The molecule has 0 bridgehead atoms. The van der Waals surface area contributed by atoms with Crippen LogP contribution in [0.15, 0.2) is 22.7 Å². The van der Waals surface area contributed by atoms with Crippen molar-refractivity contribution in [1.82, 2.24) is 0 Å². The van der Waals surface area contributed by atoms with E-state index in [1.807, 2.05) is 18.2 Å². The van der Waals surface area contributed by atoms with Gasteiger partial charge in [0.1, 0.15) is 0 Å². The van der Waals surface area contributed by atoms with Crippen LogP contribution in [0.5, 0.6) is 0 Å². The third-order valence-electron chi connectivity index (χ3n) is 4.07. The first-order valence-corrected chi connectivity index (χ1v) is 8.31. The molecule has 1 N–H and O–H groups in total. The fourth-order valence-corrected chi connectivity index (χ4v) is 3.01. The van der Waals surface area contributed by atoms with Crippen molar-refractivity contribution in [3.8, 4) is 0 Å². The Morgan fingerprint density at radius 1 is 1.45 bits per heavy atom. The summed E-state index contributed by atoms with van der Waals surface area (Å²) in [6.45, 7) is 9.75. The summed E-state index contributed by atoms with van der Waals surface area (Å²) in [6, 6.07) is 6.39. The molecule has 0 saturated heterocycles. The molecule has 4 heteroatoms. The second-order valence-corrected chi connectivity index (χ2v) is 7.86. The zero-order chi connectivity index (χ0) is 14.9. The highest BCUT2D eigenvalue weighted by molar-refractivity contribution is 9.10. The van der Waals surface area contributed by atoms with Gasteiger partial charge in [-0.25, -0.2) is 0 Å². The van der Waals surface area contributed by atoms with E-state index in [-0.39, 0.29) is 5.41 Å². The van der Waals surface area contributed by atoms with Gasteiger partial charge in [0, 0.05) is 28.2 Å². The van der Waals surface area contributed by atoms with E-state index in [1.54, 1.807) is 0 Å². The Kier molecular flexibility index (Phi) is 5.04. The molecule has 1 aromatic carbocycles. The zero-order valence-corrected chi connectivity index (χ0v) is 14.9. The molecule has 1 fully saturated rings. The van der Waals surface area contributed by atoms with Gasteiger partial charge in [-0.15, -0.1) is 0 Å². The summed E-state index contributed by atoms with van der Waals surface area (Å²) in [7, 11) is 0. The van der Waals surface area contributed by atoms with E-state index in [0.29, 0.717) is 18.1 Å². The van der Waals surface area contributed by atoms with Crippen molar-refractivity contribution in [3.05, 3.63) is 27.7 Å².